The van der Waals surface area contributed by atoms with Gasteiger partial charge in [-0.05, 0) is 38.0 Å². The van der Waals surface area contributed by atoms with Crippen LogP contribution in [0.3, 0.4) is 0 Å². The van der Waals surface area contributed by atoms with Gasteiger partial charge < -0.3 is 25.0 Å². The predicted molar refractivity (Wildman–Crippen MR) is 113 cm³/mol. The Labute approximate surface area is 174 Å². The molecule has 1 saturated carbocycles. The third-order valence-electron chi connectivity index (χ3n) is 5.87. The molecule has 2 unspecified atom stereocenters. The van der Waals surface area contributed by atoms with E-state index >= 15 is 0 Å². The summed E-state index contributed by atoms with van der Waals surface area (Å²) in [7, 11) is 3.23. The van der Waals surface area contributed by atoms with Crippen LogP contribution >= 0.6 is 0 Å². The molecule has 1 fully saturated rings. The number of hydrogen-bond acceptors (Lipinski definition) is 7. The topological polar surface area (TPSA) is 108 Å². The first-order valence-corrected chi connectivity index (χ1v) is 9.93. The summed E-state index contributed by atoms with van der Waals surface area (Å²) >= 11 is 0. The fraction of sp³-hybridized carbons (Fsp3) is 0.429. The highest BCUT2D eigenvalue weighted by Crippen LogP contribution is 2.42. The zero-order valence-electron chi connectivity index (χ0n) is 17.4. The molecule has 158 valence electrons. The normalized spacial score (nSPS) is 21.1. The summed E-state index contributed by atoms with van der Waals surface area (Å²) < 4.78 is 5.33. The number of nitrogens with zero attached hydrogens (tertiary/aromatic N) is 4. The number of carboxylic acid groups (broad SMARTS) is 1. The minimum absolute atomic E-state index is 0.0147. The van der Waals surface area contributed by atoms with E-state index in [1.165, 1.54) is 19.2 Å². The third-order valence-corrected chi connectivity index (χ3v) is 5.87. The molecule has 0 bridgehead atoms. The Kier molecular flexibility index (Phi) is 4.97. The van der Waals surface area contributed by atoms with Gasteiger partial charge in [0.25, 0.3) is 0 Å². The van der Waals surface area contributed by atoms with Crippen molar-refractivity contribution in [2.75, 3.05) is 29.3 Å². The second-order valence-electron chi connectivity index (χ2n) is 7.81. The Balaban J connectivity index is 1.73. The molecule has 0 spiro atoms. The maximum absolute atomic E-state index is 12.8. The number of nitrogens with one attached hydrogen (secondary N) is 1. The minimum atomic E-state index is -1.03. The number of ether oxygens (including phenoxy) is 1. The van der Waals surface area contributed by atoms with Crippen molar-refractivity contribution < 1.29 is 19.4 Å². The average molecular weight is 411 g/mol. The molecule has 0 saturated heterocycles. The van der Waals surface area contributed by atoms with Gasteiger partial charge in [-0.15, -0.1) is 0 Å². The van der Waals surface area contributed by atoms with Crippen LogP contribution < -0.4 is 19.9 Å². The molecule has 1 aliphatic heterocycles. The van der Waals surface area contributed by atoms with Crippen LogP contribution in [0.4, 0.5) is 23.1 Å². The van der Waals surface area contributed by atoms with Crippen molar-refractivity contribution in [3.8, 4) is 5.75 Å². The molecule has 9 nitrogen and oxygen atoms in total. The number of carboxylic acids is 1. The molecule has 9 heteroatoms. The van der Waals surface area contributed by atoms with E-state index < -0.39 is 5.97 Å². The highest BCUT2D eigenvalue weighted by atomic mass is 16.5. The molecule has 2 N–H and O–H groups in total. The van der Waals surface area contributed by atoms with Gasteiger partial charge in [-0.2, -0.15) is 4.98 Å². The second kappa shape index (κ2) is 7.47. The summed E-state index contributed by atoms with van der Waals surface area (Å²) in [6.07, 6.45) is 3.80. The van der Waals surface area contributed by atoms with Crippen LogP contribution in [0.25, 0.3) is 0 Å². The Bertz CT molecular complexity index is 1010. The molecule has 30 heavy (non-hydrogen) atoms. The fourth-order valence-corrected chi connectivity index (χ4v) is 3.82. The summed E-state index contributed by atoms with van der Waals surface area (Å²) in [4.78, 5) is 37.0. The number of rotatable bonds is 5. The van der Waals surface area contributed by atoms with Gasteiger partial charge in [-0.3, -0.25) is 4.79 Å². The molecule has 1 aromatic heterocycles. The van der Waals surface area contributed by atoms with Crippen LogP contribution in [0.1, 0.15) is 37.0 Å². The lowest BCUT2D eigenvalue weighted by Gasteiger charge is -2.31. The molecule has 2 heterocycles. The lowest BCUT2D eigenvalue weighted by molar-refractivity contribution is -0.121. The van der Waals surface area contributed by atoms with E-state index in [0.717, 1.165) is 18.7 Å². The Morgan fingerprint density at radius 2 is 2.03 bits per heavy atom. The smallest absolute Gasteiger partial charge is 0.335 e. The van der Waals surface area contributed by atoms with Crippen molar-refractivity contribution in [3.63, 3.8) is 0 Å². The van der Waals surface area contributed by atoms with Gasteiger partial charge in [0.15, 0.2) is 5.82 Å². The van der Waals surface area contributed by atoms with Crippen LogP contribution in [0.15, 0.2) is 24.4 Å². The fourth-order valence-electron chi connectivity index (χ4n) is 3.82. The highest BCUT2D eigenvalue weighted by Gasteiger charge is 2.42. The first-order valence-electron chi connectivity index (χ1n) is 9.93. The van der Waals surface area contributed by atoms with Crippen LogP contribution in [-0.4, -0.2) is 53.2 Å². The number of carbonyl (C=O) groups is 2. The summed E-state index contributed by atoms with van der Waals surface area (Å²) in [6.45, 7) is 4.01. The zero-order chi connectivity index (χ0) is 21.6. The van der Waals surface area contributed by atoms with E-state index in [1.54, 1.807) is 24.2 Å². The number of fused-ring (bicyclic) bond motifs is 1. The van der Waals surface area contributed by atoms with Gasteiger partial charge in [-0.1, -0.05) is 6.92 Å². The van der Waals surface area contributed by atoms with Crippen molar-refractivity contribution in [1.29, 1.82) is 0 Å². The maximum atomic E-state index is 12.8. The molecule has 4 rings (SSSR count). The van der Waals surface area contributed by atoms with Crippen LogP contribution in [0.5, 0.6) is 5.75 Å². The average Bonchev–Trinajstić information content (AvgIpc) is 3.57. The van der Waals surface area contributed by atoms with Crippen molar-refractivity contribution in [1.82, 2.24) is 9.97 Å². The maximum Gasteiger partial charge on any atom is 0.335 e. The van der Waals surface area contributed by atoms with Gasteiger partial charge >= 0.3 is 5.97 Å². The van der Waals surface area contributed by atoms with Crippen LogP contribution in [-0.2, 0) is 4.79 Å². The molecule has 1 aromatic carbocycles. The van der Waals surface area contributed by atoms with E-state index in [4.69, 9.17) is 9.72 Å². The molecule has 0 radical (unpaired) electrons. The van der Waals surface area contributed by atoms with E-state index in [1.807, 2.05) is 6.92 Å². The summed E-state index contributed by atoms with van der Waals surface area (Å²) in [5.41, 5.74) is 1.37. The first kappa shape index (κ1) is 19.9. The van der Waals surface area contributed by atoms with E-state index in [0.29, 0.717) is 29.1 Å². The predicted octanol–water partition coefficient (Wildman–Crippen LogP) is 2.90. The van der Waals surface area contributed by atoms with Gasteiger partial charge in [0.1, 0.15) is 11.4 Å². The highest BCUT2D eigenvalue weighted by molar-refractivity contribution is 5.99. The molecule has 2 atom stereocenters. The van der Waals surface area contributed by atoms with Crippen molar-refractivity contribution in [2.45, 2.75) is 38.8 Å². The van der Waals surface area contributed by atoms with Gasteiger partial charge in [0.05, 0.1) is 30.5 Å². The molecule has 1 amide bonds. The summed E-state index contributed by atoms with van der Waals surface area (Å²) in [6, 6.07) is 4.94. The van der Waals surface area contributed by atoms with Crippen LogP contribution in [0, 0.1) is 5.92 Å². The quantitative estimate of drug-likeness (QED) is 0.773. The number of amides is 1. The van der Waals surface area contributed by atoms with Gasteiger partial charge in [0.2, 0.25) is 11.9 Å². The molecule has 1 aliphatic carbocycles. The second-order valence-corrected chi connectivity index (χ2v) is 7.81. The SMILES string of the molecule is COc1cc(C(=O)O)ccc1Nc1ncc2c(n1)N(C1CC1)C(C)C(C)C(=O)N2C. The number of methoxy groups -OCH3 is 1. The van der Waals surface area contributed by atoms with Crippen LogP contribution in [0.2, 0.25) is 0 Å². The van der Waals surface area contributed by atoms with E-state index in [-0.39, 0.29) is 23.4 Å². The lowest BCUT2D eigenvalue weighted by atomic mass is 10.0. The molecule has 2 aliphatic rings. The minimum Gasteiger partial charge on any atom is -0.495 e. The van der Waals surface area contributed by atoms with E-state index in [9.17, 15) is 14.7 Å². The Hall–Kier alpha value is -3.36. The molecule has 2 aromatic rings. The zero-order valence-corrected chi connectivity index (χ0v) is 17.4. The molecular formula is C21H25N5O4. The Morgan fingerprint density at radius 3 is 2.67 bits per heavy atom. The van der Waals surface area contributed by atoms with E-state index in [2.05, 4.69) is 22.1 Å². The number of aromatic nitrogens is 2. The van der Waals surface area contributed by atoms with Crippen molar-refractivity contribution in [3.05, 3.63) is 30.0 Å². The summed E-state index contributed by atoms with van der Waals surface area (Å²) in [5.74, 6) is 0.304. The standard InChI is InChI=1S/C21H25N5O4/c1-11-12(2)26(14-6-7-14)18-16(25(3)19(11)27)10-22-21(24-18)23-15-8-5-13(20(28)29)9-17(15)30-4/h5,8-12,14H,6-7H2,1-4H3,(H,28,29)(H,22,23,24). The van der Waals surface area contributed by atoms with Crippen molar-refractivity contribution >= 4 is 35.0 Å². The number of anilines is 4. The van der Waals surface area contributed by atoms with Gasteiger partial charge in [0, 0.05) is 19.1 Å². The number of aromatic carboxylic acids is 1. The summed E-state index contributed by atoms with van der Waals surface area (Å²) in [5, 5.41) is 12.3. The monoisotopic (exact) mass is 411 g/mol. The third kappa shape index (κ3) is 3.40. The number of carbonyl (C=O) groups excluding carboxylic acids is 1. The van der Waals surface area contributed by atoms with Crippen molar-refractivity contribution in [2.24, 2.45) is 5.92 Å². The van der Waals surface area contributed by atoms with Gasteiger partial charge in [-0.25, -0.2) is 9.78 Å². The number of benzene rings is 1. The lowest BCUT2D eigenvalue weighted by Crippen LogP contribution is -2.42. The number of hydrogen-bond donors (Lipinski definition) is 2. The Morgan fingerprint density at radius 1 is 1.30 bits per heavy atom. The first-order chi connectivity index (χ1) is 14.3. The largest absolute Gasteiger partial charge is 0.495 e. The molecular weight excluding hydrogens is 386 g/mol.